The largest absolute Gasteiger partial charge is 0.480 e. The number of nitrogens with one attached hydrogen (secondary N) is 1. The molecule has 1 aliphatic heterocycles. The van der Waals surface area contributed by atoms with Crippen molar-refractivity contribution >= 4 is 41.4 Å². The number of carboxylic acid groups (broad SMARTS) is 2. The highest BCUT2D eigenvalue weighted by Crippen LogP contribution is 2.38. The van der Waals surface area contributed by atoms with Crippen LogP contribution < -0.4 is 5.32 Å². The molecule has 0 radical (unpaired) electrons. The summed E-state index contributed by atoms with van der Waals surface area (Å²) in [5.41, 5.74) is 1.03. The van der Waals surface area contributed by atoms with Crippen LogP contribution in [0.25, 0.3) is 0 Å². The first kappa shape index (κ1) is 26.5. The molecule has 1 aromatic rings. The van der Waals surface area contributed by atoms with E-state index in [0.29, 0.717) is 25.8 Å². The van der Waals surface area contributed by atoms with Gasteiger partial charge in [-0.2, -0.15) is 0 Å². The van der Waals surface area contributed by atoms with Crippen LogP contribution in [0.3, 0.4) is 0 Å². The zero-order valence-electron chi connectivity index (χ0n) is 18.9. The Morgan fingerprint density at radius 1 is 1.12 bits per heavy atom. The Morgan fingerprint density at radius 2 is 1.75 bits per heavy atom. The van der Waals surface area contributed by atoms with Gasteiger partial charge in [-0.3, -0.25) is 14.9 Å². The van der Waals surface area contributed by atoms with Crippen molar-refractivity contribution < 1.29 is 24.6 Å². The van der Waals surface area contributed by atoms with E-state index in [-0.39, 0.29) is 16.4 Å². The molecule has 0 aliphatic carbocycles. The molecule has 1 saturated heterocycles. The number of carbonyl (C=O) groups excluding carboxylic acids is 1. The van der Waals surface area contributed by atoms with Gasteiger partial charge in [0.05, 0.1) is 10.6 Å². The molecule has 7 nitrogen and oxygen atoms in total. The van der Waals surface area contributed by atoms with Crippen LogP contribution in [0.1, 0.15) is 39.2 Å². The lowest BCUT2D eigenvalue weighted by molar-refractivity contribution is -0.149. The minimum Gasteiger partial charge on any atom is -0.480 e. The quantitative estimate of drug-likeness (QED) is 0.368. The van der Waals surface area contributed by atoms with Crippen molar-refractivity contribution in [3.63, 3.8) is 0 Å². The van der Waals surface area contributed by atoms with E-state index in [1.54, 1.807) is 30.4 Å². The number of carbonyl (C=O) groups is 3. The summed E-state index contributed by atoms with van der Waals surface area (Å²) in [5, 5.41) is 22.3. The third-order valence-electron chi connectivity index (χ3n) is 5.63. The Hall–Kier alpha value is -1.71. The molecule has 0 spiro atoms. The Labute approximate surface area is 198 Å². The van der Waals surface area contributed by atoms with Crippen LogP contribution in [0.4, 0.5) is 0 Å². The van der Waals surface area contributed by atoms with Crippen LogP contribution in [-0.2, 0) is 20.8 Å². The summed E-state index contributed by atoms with van der Waals surface area (Å²) in [6.07, 6.45) is 1.33. The molecule has 0 aromatic heterocycles. The maximum atomic E-state index is 13.2. The van der Waals surface area contributed by atoms with Gasteiger partial charge in [0.25, 0.3) is 0 Å². The predicted octanol–water partition coefficient (Wildman–Crippen LogP) is 3.18. The van der Waals surface area contributed by atoms with E-state index in [9.17, 15) is 24.6 Å². The first-order chi connectivity index (χ1) is 15.3. The van der Waals surface area contributed by atoms with Crippen LogP contribution in [0.2, 0.25) is 0 Å². The van der Waals surface area contributed by atoms with E-state index in [1.807, 2.05) is 30.3 Å². The van der Waals surface area contributed by atoms with Gasteiger partial charge in [-0.25, -0.2) is 4.79 Å². The molecular weight excluding hydrogens is 448 g/mol. The molecule has 0 bridgehead atoms. The van der Waals surface area contributed by atoms with Gasteiger partial charge in [-0.15, -0.1) is 23.5 Å². The fourth-order valence-electron chi connectivity index (χ4n) is 4.05. The average molecular weight is 483 g/mol. The van der Waals surface area contributed by atoms with Crippen LogP contribution in [-0.4, -0.2) is 73.7 Å². The van der Waals surface area contributed by atoms with Gasteiger partial charge in [-0.05, 0) is 43.3 Å². The summed E-state index contributed by atoms with van der Waals surface area (Å²) in [5.74, 6) is -0.427. The molecule has 1 amide bonds. The summed E-state index contributed by atoms with van der Waals surface area (Å²) in [4.78, 5) is 38.3. The second kappa shape index (κ2) is 13.1. The van der Waals surface area contributed by atoms with Crippen molar-refractivity contribution in [1.82, 2.24) is 10.2 Å². The van der Waals surface area contributed by atoms with Crippen LogP contribution in [0, 0.1) is 5.92 Å². The third-order valence-corrected chi connectivity index (χ3v) is 8.54. The number of nitrogens with zero attached hydrogens (tertiary/aromatic N) is 1. The highest BCUT2D eigenvalue weighted by molar-refractivity contribution is 8.17. The lowest BCUT2D eigenvalue weighted by Crippen LogP contribution is -2.53. The summed E-state index contributed by atoms with van der Waals surface area (Å²) in [6, 6.07) is 7.04. The van der Waals surface area contributed by atoms with E-state index < -0.39 is 30.1 Å². The number of benzene rings is 1. The summed E-state index contributed by atoms with van der Waals surface area (Å²) in [6.45, 7) is 6.15. The number of rotatable bonds is 13. The van der Waals surface area contributed by atoms with E-state index in [0.717, 1.165) is 17.1 Å². The first-order valence-electron chi connectivity index (χ1n) is 11.1. The van der Waals surface area contributed by atoms with Crippen molar-refractivity contribution in [2.75, 3.05) is 18.1 Å². The maximum Gasteiger partial charge on any atom is 0.326 e. The maximum absolute atomic E-state index is 13.2. The number of hydrogen-bond acceptors (Lipinski definition) is 6. The third kappa shape index (κ3) is 7.42. The van der Waals surface area contributed by atoms with E-state index in [1.165, 1.54) is 4.90 Å². The Bertz CT molecular complexity index is 758. The number of carboxylic acids is 2. The van der Waals surface area contributed by atoms with E-state index >= 15 is 0 Å². The fourth-order valence-corrected chi connectivity index (χ4v) is 6.84. The van der Waals surface area contributed by atoms with Crippen molar-refractivity contribution in [1.29, 1.82) is 0 Å². The molecule has 4 atom stereocenters. The molecule has 9 heteroatoms. The van der Waals surface area contributed by atoms with Gasteiger partial charge >= 0.3 is 11.9 Å². The molecule has 3 N–H and O–H groups in total. The summed E-state index contributed by atoms with van der Waals surface area (Å²) in [7, 11) is 0. The smallest absolute Gasteiger partial charge is 0.326 e. The van der Waals surface area contributed by atoms with Gasteiger partial charge in [-0.1, -0.05) is 44.2 Å². The lowest BCUT2D eigenvalue weighted by Gasteiger charge is -2.28. The number of aryl methyl sites for hydroxylation is 1. The van der Waals surface area contributed by atoms with Crippen molar-refractivity contribution in [2.24, 2.45) is 5.92 Å². The van der Waals surface area contributed by atoms with Crippen molar-refractivity contribution in [3.8, 4) is 0 Å². The molecule has 1 aromatic carbocycles. The molecular formula is C23H34N2O5S2. The SMILES string of the molecule is CCSC(SCC)[C@H]1C[C@@H](C(=O)O)N(C(=O)[C@H](C)NC(CCc2ccccc2)C(=O)O)C1. The minimum absolute atomic E-state index is 0.0931. The Kier molecular flexibility index (Phi) is 10.9. The van der Waals surface area contributed by atoms with E-state index in [4.69, 9.17) is 0 Å². The Morgan fingerprint density at radius 3 is 2.28 bits per heavy atom. The zero-order chi connectivity index (χ0) is 23.7. The van der Waals surface area contributed by atoms with Gasteiger partial charge in [0.2, 0.25) is 5.91 Å². The lowest BCUT2D eigenvalue weighted by atomic mass is 10.0. The van der Waals surface area contributed by atoms with E-state index in [2.05, 4.69) is 19.2 Å². The Balaban J connectivity index is 2.05. The molecule has 178 valence electrons. The minimum atomic E-state index is -1.02. The second-order valence-corrected chi connectivity index (χ2v) is 11.1. The first-order valence-corrected chi connectivity index (χ1v) is 13.2. The number of aliphatic carboxylic acids is 2. The van der Waals surface area contributed by atoms with Gasteiger partial charge in [0.1, 0.15) is 12.1 Å². The van der Waals surface area contributed by atoms with Gasteiger partial charge < -0.3 is 15.1 Å². The highest BCUT2D eigenvalue weighted by atomic mass is 32.2. The number of amides is 1. The zero-order valence-corrected chi connectivity index (χ0v) is 20.5. The van der Waals surface area contributed by atoms with Crippen LogP contribution >= 0.6 is 23.5 Å². The number of hydrogen-bond donors (Lipinski definition) is 3. The molecule has 1 aliphatic rings. The predicted molar refractivity (Wildman–Crippen MR) is 130 cm³/mol. The molecule has 32 heavy (non-hydrogen) atoms. The van der Waals surface area contributed by atoms with Gasteiger partial charge in [0, 0.05) is 12.5 Å². The topological polar surface area (TPSA) is 107 Å². The van der Waals surface area contributed by atoms with Crippen LogP contribution in [0.15, 0.2) is 30.3 Å². The summed E-state index contributed by atoms with van der Waals surface area (Å²) < 4.78 is 0.241. The monoisotopic (exact) mass is 482 g/mol. The molecule has 2 rings (SSSR count). The molecule has 1 unspecified atom stereocenters. The number of thioether (sulfide) groups is 2. The highest BCUT2D eigenvalue weighted by Gasteiger charge is 2.44. The molecule has 1 fully saturated rings. The normalized spacial score (nSPS) is 20.3. The fraction of sp³-hybridized carbons (Fsp3) is 0.609. The van der Waals surface area contributed by atoms with Crippen LogP contribution in [0.5, 0.6) is 0 Å². The van der Waals surface area contributed by atoms with Crippen molar-refractivity contribution in [3.05, 3.63) is 35.9 Å². The second-order valence-electron chi connectivity index (χ2n) is 7.92. The van der Waals surface area contributed by atoms with Gasteiger partial charge in [0.15, 0.2) is 0 Å². The summed E-state index contributed by atoms with van der Waals surface area (Å²) >= 11 is 3.58. The number of likely N-dealkylation sites (tertiary alicyclic amines) is 1. The van der Waals surface area contributed by atoms with Crippen molar-refractivity contribution in [2.45, 2.75) is 62.7 Å². The average Bonchev–Trinajstić information content (AvgIpc) is 3.22. The standard InChI is InChI=1S/C23H34N2O5S2/c1-4-31-23(32-5-2)17-13-19(22(29)30)25(14-17)20(26)15(3)24-18(21(27)28)12-11-16-9-7-6-8-10-16/h6-10,15,17-19,23-24H,4-5,11-14H2,1-3H3,(H,27,28)(H,29,30)/t15-,17-,18?,19-/m0/s1. The molecule has 0 saturated carbocycles. The molecule has 1 heterocycles.